The predicted molar refractivity (Wildman–Crippen MR) is 133 cm³/mol. The molecule has 3 rings (SSSR count). The Labute approximate surface area is 195 Å². The molecular weight excluding hydrogens is 396 g/mol. The summed E-state index contributed by atoms with van der Waals surface area (Å²) < 4.78 is 0. The second-order valence-electron chi connectivity index (χ2n) is 10.6. The molecule has 3 heteroatoms. The normalized spacial score (nSPS) is 36.6. The summed E-state index contributed by atoms with van der Waals surface area (Å²) in [7, 11) is 0. The maximum absolute atomic E-state index is 10.4. The molecule has 3 nitrogen and oxygen atoms in total. The lowest BCUT2D eigenvalue weighted by molar-refractivity contribution is 0.0827. The molecule has 3 aliphatic carbocycles. The van der Waals surface area contributed by atoms with Crippen molar-refractivity contribution >= 4 is 0 Å². The molecule has 0 aromatic rings. The van der Waals surface area contributed by atoms with Gasteiger partial charge in [-0.25, -0.2) is 0 Å². The van der Waals surface area contributed by atoms with Gasteiger partial charge >= 0.3 is 0 Å². The molecule has 32 heavy (non-hydrogen) atoms. The third-order valence-electron chi connectivity index (χ3n) is 8.72. The summed E-state index contributed by atoms with van der Waals surface area (Å²) in [6.45, 7) is 10.6. The minimum absolute atomic E-state index is 0.340. The molecule has 0 heterocycles. The Hall–Kier alpha value is -1.42. The fourth-order valence-electron chi connectivity index (χ4n) is 6.24. The van der Waals surface area contributed by atoms with Crippen molar-refractivity contribution in [3.63, 3.8) is 0 Å². The Bertz CT molecular complexity index is 782. The van der Waals surface area contributed by atoms with E-state index in [-0.39, 0.29) is 0 Å². The minimum atomic E-state index is -0.678. The Balaban J connectivity index is 1.66. The van der Waals surface area contributed by atoms with Crippen LogP contribution in [0.5, 0.6) is 0 Å². The first kappa shape index (κ1) is 25.2. The summed E-state index contributed by atoms with van der Waals surface area (Å²) in [6.07, 6.45) is 21.4. The van der Waals surface area contributed by atoms with Crippen molar-refractivity contribution in [2.75, 3.05) is 0 Å². The molecule has 0 aromatic heterocycles. The van der Waals surface area contributed by atoms with E-state index in [4.69, 9.17) is 0 Å². The molecule has 0 saturated heterocycles. The Morgan fingerprint density at radius 2 is 1.88 bits per heavy atom. The molecule has 3 saturated carbocycles. The van der Waals surface area contributed by atoms with Gasteiger partial charge < -0.3 is 15.3 Å². The molecule has 0 radical (unpaired) electrons. The molecule has 0 bridgehead atoms. The Morgan fingerprint density at radius 1 is 1.12 bits per heavy atom. The monoisotopic (exact) mass is 440 g/mol. The van der Waals surface area contributed by atoms with Crippen LogP contribution in [0.4, 0.5) is 0 Å². The number of rotatable bonds is 7. The summed E-state index contributed by atoms with van der Waals surface area (Å²) in [4.78, 5) is 0. The van der Waals surface area contributed by atoms with Crippen molar-refractivity contribution in [2.45, 2.75) is 103 Å². The second kappa shape index (κ2) is 10.7. The van der Waals surface area contributed by atoms with Gasteiger partial charge in [-0.2, -0.15) is 0 Å². The summed E-state index contributed by atoms with van der Waals surface area (Å²) in [5.41, 5.74) is 2.97. The molecule has 178 valence electrons. The lowest BCUT2D eigenvalue weighted by Crippen LogP contribution is -2.33. The van der Waals surface area contributed by atoms with Gasteiger partial charge in [0.25, 0.3) is 0 Å². The highest BCUT2D eigenvalue weighted by molar-refractivity contribution is 5.38. The second-order valence-corrected chi connectivity index (χ2v) is 10.6. The van der Waals surface area contributed by atoms with Crippen LogP contribution in [0.25, 0.3) is 0 Å². The van der Waals surface area contributed by atoms with Crippen molar-refractivity contribution in [1.29, 1.82) is 0 Å². The van der Waals surface area contributed by atoms with Crippen LogP contribution in [-0.2, 0) is 0 Å². The lowest BCUT2D eigenvalue weighted by Gasteiger charge is -2.42. The van der Waals surface area contributed by atoms with Crippen molar-refractivity contribution in [3.05, 3.63) is 59.8 Å². The predicted octanol–water partition coefficient (Wildman–Crippen LogP) is 6.18. The van der Waals surface area contributed by atoms with Crippen molar-refractivity contribution in [1.82, 2.24) is 0 Å². The van der Waals surface area contributed by atoms with Gasteiger partial charge in [0.15, 0.2) is 0 Å². The molecule has 3 N–H and O–H groups in total. The van der Waals surface area contributed by atoms with E-state index in [1.807, 2.05) is 26.0 Å². The summed E-state index contributed by atoms with van der Waals surface area (Å²) in [6, 6.07) is 0. The van der Waals surface area contributed by atoms with Crippen LogP contribution in [0.1, 0.15) is 85.0 Å². The Kier molecular flexibility index (Phi) is 8.41. The van der Waals surface area contributed by atoms with Crippen LogP contribution in [0.2, 0.25) is 0 Å². The van der Waals surface area contributed by atoms with E-state index in [0.29, 0.717) is 30.1 Å². The van der Waals surface area contributed by atoms with Gasteiger partial charge in [0.05, 0.1) is 17.8 Å². The average molecular weight is 441 g/mol. The maximum Gasteiger partial charge on any atom is 0.0825 e. The summed E-state index contributed by atoms with van der Waals surface area (Å²) in [5, 5.41) is 30.6. The van der Waals surface area contributed by atoms with Crippen molar-refractivity contribution in [2.24, 2.45) is 17.3 Å². The van der Waals surface area contributed by atoms with E-state index in [2.05, 4.69) is 37.8 Å². The standard InChI is InChI=1S/C29H44O3/c1-5-29(32,6-2)18-9-7-8-12-24-15-16-26-22(11-10-17-28(24,26)4)13-14-23-19-25(30)20-27(31)21(23)3/h7-9,13-14,18,24-27,30-32H,3,5-6,10-12,15-17,19-20H2,1-2,4H3/b8-7+,18-9+,22-13+,23-14-/t24-,25+,26-,27-,28+/m0/s1. The number of hydrogen-bond donors (Lipinski definition) is 3. The zero-order valence-corrected chi connectivity index (χ0v) is 20.4. The highest BCUT2D eigenvalue weighted by atomic mass is 16.3. The van der Waals surface area contributed by atoms with Gasteiger partial charge in [0.2, 0.25) is 0 Å². The van der Waals surface area contributed by atoms with Crippen molar-refractivity contribution in [3.8, 4) is 0 Å². The third-order valence-corrected chi connectivity index (χ3v) is 8.72. The van der Waals surface area contributed by atoms with Crippen LogP contribution in [-0.4, -0.2) is 33.1 Å². The van der Waals surface area contributed by atoms with Crippen LogP contribution >= 0.6 is 0 Å². The van der Waals surface area contributed by atoms with E-state index in [0.717, 1.165) is 36.8 Å². The lowest BCUT2D eigenvalue weighted by atomic mass is 9.63. The van der Waals surface area contributed by atoms with Crippen LogP contribution < -0.4 is 0 Å². The summed E-state index contributed by atoms with van der Waals surface area (Å²) in [5.74, 6) is 1.32. The molecular formula is C29H44O3. The number of fused-ring (bicyclic) bond motifs is 1. The van der Waals surface area contributed by atoms with Gasteiger partial charge in [0.1, 0.15) is 0 Å². The van der Waals surface area contributed by atoms with E-state index < -0.39 is 17.8 Å². The van der Waals surface area contributed by atoms with Crippen LogP contribution in [0.15, 0.2) is 59.8 Å². The topological polar surface area (TPSA) is 60.7 Å². The van der Waals surface area contributed by atoms with Crippen LogP contribution in [0.3, 0.4) is 0 Å². The fraction of sp³-hybridized carbons (Fsp3) is 0.655. The molecule has 0 aromatic carbocycles. The van der Waals surface area contributed by atoms with Gasteiger partial charge in [-0.15, -0.1) is 0 Å². The van der Waals surface area contributed by atoms with Crippen LogP contribution in [0, 0.1) is 17.3 Å². The van der Waals surface area contributed by atoms with E-state index in [1.54, 1.807) is 0 Å². The first-order chi connectivity index (χ1) is 15.2. The molecule has 5 atom stereocenters. The molecule has 3 aliphatic rings. The number of allylic oxidation sites excluding steroid dienone is 6. The highest BCUT2D eigenvalue weighted by Crippen LogP contribution is 2.58. The zero-order chi connectivity index (χ0) is 23.4. The summed E-state index contributed by atoms with van der Waals surface area (Å²) >= 11 is 0. The largest absolute Gasteiger partial charge is 0.393 e. The highest BCUT2D eigenvalue weighted by Gasteiger charge is 2.48. The van der Waals surface area contributed by atoms with E-state index in [1.165, 1.54) is 31.3 Å². The van der Waals surface area contributed by atoms with Gasteiger partial charge in [-0.05, 0) is 86.2 Å². The molecule has 3 fully saturated rings. The smallest absolute Gasteiger partial charge is 0.0825 e. The van der Waals surface area contributed by atoms with Gasteiger partial charge in [-0.1, -0.05) is 69.4 Å². The molecule has 0 unspecified atom stereocenters. The van der Waals surface area contributed by atoms with E-state index >= 15 is 0 Å². The maximum atomic E-state index is 10.4. The van der Waals surface area contributed by atoms with Crippen molar-refractivity contribution < 1.29 is 15.3 Å². The quantitative estimate of drug-likeness (QED) is 0.414. The average Bonchev–Trinajstić information content (AvgIpc) is 3.11. The Morgan fingerprint density at radius 3 is 2.59 bits per heavy atom. The first-order valence-corrected chi connectivity index (χ1v) is 12.7. The van der Waals surface area contributed by atoms with Gasteiger partial charge in [0, 0.05) is 6.42 Å². The molecule has 0 spiro atoms. The molecule has 0 aliphatic heterocycles. The number of aliphatic hydroxyl groups is 3. The number of aliphatic hydroxyl groups excluding tert-OH is 2. The van der Waals surface area contributed by atoms with E-state index in [9.17, 15) is 15.3 Å². The third kappa shape index (κ3) is 5.55. The van der Waals surface area contributed by atoms with Gasteiger partial charge in [-0.3, -0.25) is 0 Å². The SMILES string of the molecule is C=C1/C(=C\C=C2/CCC[C@]3(C)[C@@H](C/C=C/C=C/C(O)(CC)CC)CC[C@@H]23)C[C@@H](O)C[C@@H]1O. The first-order valence-electron chi connectivity index (χ1n) is 12.7. The minimum Gasteiger partial charge on any atom is -0.393 e. The zero-order valence-electron chi connectivity index (χ0n) is 20.4. The molecule has 0 amide bonds. The fourth-order valence-corrected chi connectivity index (χ4v) is 6.24. The number of hydrogen-bond acceptors (Lipinski definition) is 3.